The standard InChI is InChI=1S/2C10H16Si.C5H5.2ClH.Zr/c2*1-2-6-10(7-3-1)8-4-5-9-11-10;1-2-4-5-3-1;;;/h2*1-3,6H,4-5,7-9,11H2;1-3H,4H2;2*1H;/q;;;;;+2/p-2. The molecule has 0 N–H and O–H groups in total. The zero-order valence-electron chi connectivity index (χ0n) is 18.3. The van der Waals surface area contributed by atoms with Crippen molar-refractivity contribution in [3.63, 3.8) is 0 Å². The zero-order chi connectivity index (χ0) is 19.5. The van der Waals surface area contributed by atoms with Crippen molar-refractivity contribution in [1.82, 2.24) is 0 Å². The van der Waals surface area contributed by atoms with Gasteiger partial charge in [-0.05, 0) is 35.8 Å². The molecule has 5 heteroatoms. The van der Waals surface area contributed by atoms with Crippen LogP contribution in [0.5, 0.6) is 0 Å². The summed E-state index contributed by atoms with van der Waals surface area (Å²) in [4.78, 5) is 0. The molecule has 0 radical (unpaired) electrons. The summed E-state index contributed by atoms with van der Waals surface area (Å²) in [6.45, 7) is 0. The maximum atomic E-state index is 2.50. The average molecular weight is 556 g/mol. The van der Waals surface area contributed by atoms with E-state index < -0.39 is 0 Å². The molecule has 2 atom stereocenters. The number of hydrogen-bond acceptors (Lipinski definition) is 0. The second-order valence-corrected chi connectivity index (χ2v) is 16.0. The summed E-state index contributed by atoms with van der Waals surface area (Å²) in [5.41, 5.74) is 0. The van der Waals surface area contributed by atoms with Crippen LogP contribution in [-0.4, -0.2) is 19.0 Å². The van der Waals surface area contributed by atoms with Gasteiger partial charge in [0.15, 0.2) is 0 Å². The molecule has 2 unspecified atom stereocenters. The normalized spacial score (nSPS) is 32.0. The van der Waals surface area contributed by atoms with Crippen molar-refractivity contribution in [2.24, 2.45) is 0 Å². The second-order valence-electron chi connectivity index (χ2n) is 9.15. The van der Waals surface area contributed by atoms with Gasteiger partial charge in [-0.15, -0.1) is 0 Å². The van der Waals surface area contributed by atoms with Gasteiger partial charge in [0.2, 0.25) is 0 Å². The third kappa shape index (κ3) is 9.45. The first-order chi connectivity index (χ1) is 13.7. The molecular formula is C25H37Cl2Si2Zr. The molecule has 5 aliphatic rings. The SMILES string of the molecule is C1=CCC2(C=C1)CCCC[SiH2]2.C1=CCC2(C=C1)CCCC[SiH2]2.[Cl-].[Cl-].[Zr+2][C]1=CC=CC1. The first-order valence-corrected chi connectivity index (χ1v) is 16.1. The molecule has 5 rings (SSSR count). The molecule has 0 saturated carbocycles. The van der Waals surface area contributed by atoms with E-state index in [1.165, 1.54) is 57.8 Å². The Bertz CT molecular complexity index is 621. The van der Waals surface area contributed by atoms with Crippen LogP contribution in [0.4, 0.5) is 0 Å². The Morgan fingerprint density at radius 1 is 0.667 bits per heavy atom. The van der Waals surface area contributed by atoms with E-state index in [0.717, 1.165) is 10.1 Å². The predicted molar refractivity (Wildman–Crippen MR) is 127 cm³/mol. The van der Waals surface area contributed by atoms with Crippen LogP contribution in [0.3, 0.4) is 0 Å². The van der Waals surface area contributed by atoms with E-state index >= 15 is 0 Å². The monoisotopic (exact) mass is 553 g/mol. The van der Waals surface area contributed by atoms with Gasteiger partial charge in [0.05, 0.1) is 0 Å². The molecule has 0 aromatic carbocycles. The molecule has 163 valence electrons. The Hall–Kier alpha value is 0.337. The fourth-order valence-corrected chi connectivity index (χ4v) is 10.6. The molecule has 0 aromatic rings. The van der Waals surface area contributed by atoms with Crippen molar-refractivity contribution in [3.05, 3.63) is 70.1 Å². The predicted octanol–water partition coefficient (Wildman–Crippen LogP) is 0.249. The Labute approximate surface area is 217 Å². The number of hydrogen-bond donors (Lipinski definition) is 0. The van der Waals surface area contributed by atoms with E-state index in [9.17, 15) is 0 Å². The quantitative estimate of drug-likeness (QED) is 0.376. The number of rotatable bonds is 0. The summed E-state index contributed by atoms with van der Waals surface area (Å²) in [5, 5.41) is 1.46. The van der Waals surface area contributed by atoms with Gasteiger partial charge in [-0.3, -0.25) is 0 Å². The second kappa shape index (κ2) is 15.2. The van der Waals surface area contributed by atoms with E-state index in [1.54, 1.807) is 40.1 Å². The summed E-state index contributed by atoms with van der Waals surface area (Å²) in [6, 6.07) is 3.16. The molecule has 0 bridgehead atoms. The van der Waals surface area contributed by atoms with Crippen LogP contribution in [0.2, 0.25) is 22.2 Å². The van der Waals surface area contributed by atoms with Crippen molar-refractivity contribution in [2.45, 2.75) is 80.0 Å². The van der Waals surface area contributed by atoms with Gasteiger partial charge in [0.1, 0.15) is 0 Å². The molecule has 2 spiro atoms. The molecule has 30 heavy (non-hydrogen) atoms. The molecule has 2 saturated heterocycles. The fourth-order valence-electron chi connectivity index (χ4n) is 5.12. The number of halogens is 2. The van der Waals surface area contributed by atoms with Crippen LogP contribution < -0.4 is 24.8 Å². The van der Waals surface area contributed by atoms with Crippen LogP contribution in [0.15, 0.2) is 70.1 Å². The van der Waals surface area contributed by atoms with Crippen LogP contribution >= 0.6 is 0 Å². The molecule has 3 aliphatic carbocycles. The summed E-state index contributed by atoms with van der Waals surface area (Å²) >= 11 is 1.56. The van der Waals surface area contributed by atoms with E-state index in [1.807, 2.05) is 0 Å². The van der Waals surface area contributed by atoms with Gasteiger partial charge >= 0.3 is 52.6 Å². The van der Waals surface area contributed by atoms with Crippen LogP contribution in [0, 0.1) is 0 Å². The summed E-state index contributed by atoms with van der Waals surface area (Å²) in [5.74, 6) is 0. The van der Waals surface area contributed by atoms with Crippen molar-refractivity contribution in [3.8, 4) is 0 Å². The van der Waals surface area contributed by atoms with Crippen molar-refractivity contribution in [1.29, 1.82) is 0 Å². The van der Waals surface area contributed by atoms with Crippen molar-refractivity contribution < 1.29 is 49.5 Å². The third-order valence-corrected chi connectivity index (χ3v) is 13.3. The summed E-state index contributed by atoms with van der Waals surface area (Å²) in [6.07, 6.45) is 38.0. The first-order valence-electron chi connectivity index (χ1n) is 11.5. The van der Waals surface area contributed by atoms with E-state index in [4.69, 9.17) is 0 Å². The minimum absolute atomic E-state index is 0. The summed E-state index contributed by atoms with van der Waals surface area (Å²) < 4.78 is 1.56. The molecule has 0 aromatic heterocycles. The van der Waals surface area contributed by atoms with Gasteiger partial charge in [-0.2, -0.15) is 0 Å². The molecule has 0 amide bonds. The molecule has 2 aliphatic heterocycles. The molecule has 2 fully saturated rings. The average Bonchev–Trinajstić information content (AvgIpc) is 3.22. The molecular weight excluding hydrogens is 519 g/mol. The fraction of sp³-hybridized carbons (Fsp3) is 0.520. The maximum absolute atomic E-state index is 2.50. The van der Waals surface area contributed by atoms with Gasteiger partial charge in [0.25, 0.3) is 0 Å². The van der Waals surface area contributed by atoms with Crippen molar-refractivity contribution in [2.75, 3.05) is 0 Å². The minimum atomic E-state index is 0. The van der Waals surface area contributed by atoms with Gasteiger partial charge in [-0.25, -0.2) is 0 Å². The van der Waals surface area contributed by atoms with Crippen LogP contribution in [0.25, 0.3) is 0 Å². The Kier molecular flexibility index (Phi) is 14.4. The van der Waals surface area contributed by atoms with Crippen LogP contribution in [0.1, 0.15) is 57.8 Å². The van der Waals surface area contributed by atoms with E-state index in [0.29, 0.717) is 0 Å². The van der Waals surface area contributed by atoms with E-state index in [-0.39, 0.29) is 43.9 Å². The van der Waals surface area contributed by atoms with Gasteiger partial charge in [-0.1, -0.05) is 86.4 Å². The van der Waals surface area contributed by atoms with Gasteiger partial charge < -0.3 is 24.8 Å². The summed E-state index contributed by atoms with van der Waals surface area (Å²) in [7, 11) is 0.436. The topological polar surface area (TPSA) is 0 Å². The molecule has 0 nitrogen and oxygen atoms in total. The Morgan fingerprint density at radius 2 is 1.20 bits per heavy atom. The molecule has 2 heterocycles. The first kappa shape index (κ1) is 28.4. The Morgan fingerprint density at radius 3 is 1.47 bits per heavy atom. The third-order valence-electron chi connectivity index (χ3n) is 6.91. The zero-order valence-corrected chi connectivity index (χ0v) is 25.1. The van der Waals surface area contributed by atoms with Crippen molar-refractivity contribution >= 4 is 19.0 Å². The Balaban J connectivity index is 0.000000227. The van der Waals surface area contributed by atoms with E-state index in [2.05, 4.69) is 66.8 Å². The number of allylic oxidation sites excluding steroid dienone is 12. The van der Waals surface area contributed by atoms with Gasteiger partial charge in [0, 0.05) is 19.0 Å². The van der Waals surface area contributed by atoms with Crippen LogP contribution in [-0.2, 0) is 24.7 Å².